The highest BCUT2D eigenvalue weighted by atomic mass is 79.9. The Morgan fingerprint density at radius 3 is 2.91 bits per heavy atom. The molecule has 0 heterocycles. The average Bonchev–Trinajstić information content (AvgIpc) is 2.45. The largest absolute Gasteiger partial charge is 0.207 e. The van der Waals surface area contributed by atoms with E-state index in [1.165, 1.54) is 6.07 Å². The summed E-state index contributed by atoms with van der Waals surface area (Å²) < 4.78 is 14.0. The van der Waals surface area contributed by atoms with E-state index in [2.05, 4.69) is 15.9 Å². The Kier molecular flexibility index (Phi) is 1.57. The highest BCUT2D eigenvalue weighted by molar-refractivity contribution is 9.10. The van der Waals surface area contributed by atoms with Crippen LogP contribution in [0, 0.1) is 5.82 Å². The molecular formula is C9H6BrF. The molecule has 0 N–H and O–H groups in total. The van der Waals surface area contributed by atoms with Gasteiger partial charge in [-0.1, -0.05) is 28.1 Å². The third-order valence-corrected chi connectivity index (χ3v) is 2.54. The van der Waals surface area contributed by atoms with Gasteiger partial charge >= 0.3 is 0 Å². The lowest BCUT2D eigenvalue weighted by Crippen LogP contribution is -1.88. The number of hydrogen-bond acceptors (Lipinski definition) is 0. The van der Waals surface area contributed by atoms with Gasteiger partial charge in [0.2, 0.25) is 0 Å². The van der Waals surface area contributed by atoms with Gasteiger partial charge in [-0.05, 0) is 29.7 Å². The Morgan fingerprint density at radius 1 is 1.36 bits per heavy atom. The second-order valence-electron chi connectivity index (χ2n) is 2.53. The molecule has 1 aliphatic carbocycles. The molecule has 0 nitrogen and oxygen atoms in total. The highest BCUT2D eigenvalue weighted by Crippen LogP contribution is 2.29. The maximum absolute atomic E-state index is 13.0. The Morgan fingerprint density at radius 2 is 2.18 bits per heavy atom. The molecule has 0 atom stereocenters. The smallest absolute Gasteiger partial charge is 0.127 e. The molecule has 2 heteroatoms. The molecule has 0 saturated carbocycles. The maximum atomic E-state index is 13.0. The van der Waals surface area contributed by atoms with Gasteiger partial charge in [0.25, 0.3) is 0 Å². The number of fused-ring (bicyclic) bond motifs is 1. The monoisotopic (exact) mass is 212 g/mol. The molecule has 0 unspecified atom stereocenters. The first-order chi connectivity index (χ1) is 5.29. The SMILES string of the molecule is Fc1ccc(Br)c2c1CC=C2. The molecule has 1 aliphatic rings. The van der Waals surface area contributed by atoms with Gasteiger partial charge in [0, 0.05) is 4.47 Å². The van der Waals surface area contributed by atoms with E-state index in [4.69, 9.17) is 0 Å². The average molecular weight is 213 g/mol. The van der Waals surface area contributed by atoms with Crippen molar-refractivity contribution in [1.29, 1.82) is 0 Å². The molecule has 1 aromatic carbocycles. The minimum absolute atomic E-state index is 0.104. The van der Waals surface area contributed by atoms with Crippen molar-refractivity contribution in [3.05, 3.63) is 39.6 Å². The molecule has 0 aliphatic heterocycles. The summed E-state index contributed by atoms with van der Waals surface area (Å²) in [5, 5.41) is 0. The van der Waals surface area contributed by atoms with E-state index in [9.17, 15) is 4.39 Å². The van der Waals surface area contributed by atoms with E-state index < -0.39 is 0 Å². The fourth-order valence-corrected chi connectivity index (χ4v) is 1.80. The molecule has 1 aromatic rings. The van der Waals surface area contributed by atoms with Crippen molar-refractivity contribution in [2.24, 2.45) is 0 Å². The van der Waals surface area contributed by atoms with Crippen molar-refractivity contribution in [3.63, 3.8) is 0 Å². The van der Waals surface area contributed by atoms with Crippen LogP contribution in [-0.4, -0.2) is 0 Å². The third-order valence-electron chi connectivity index (χ3n) is 1.85. The van der Waals surface area contributed by atoms with Gasteiger partial charge in [0.1, 0.15) is 5.82 Å². The molecule has 11 heavy (non-hydrogen) atoms. The van der Waals surface area contributed by atoms with Gasteiger partial charge in [0.05, 0.1) is 0 Å². The molecule has 0 radical (unpaired) electrons. The summed E-state index contributed by atoms with van der Waals surface area (Å²) in [5.74, 6) is -0.104. The molecule has 0 aromatic heterocycles. The molecule has 2 rings (SSSR count). The van der Waals surface area contributed by atoms with E-state index >= 15 is 0 Å². The molecule has 56 valence electrons. The van der Waals surface area contributed by atoms with Crippen molar-refractivity contribution in [1.82, 2.24) is 0 Å². The fraction of sp³-hybridized carbons (Fsp3) is 0.111. The summed E-state index contributed by atoms with van der Waals surface area (Å²) in [6.45, 7) is 0. The quantitative estimate of drug-likeness (QED) is 0.620. The number of allylic oxidation sites excluding steroid dienone is 1. The topological polar surface area (TPSA) is 0 Å². The van der Waals surface area contributed by atoms with Gasteiger partial charge in [0.15, 0.2) is 0 Å². The summed E-state index contributed by atoms with van der Waals surface area (Å²) in [6.07, 6.45) is 4.64. The van der Waals surface area contributed by atoms with Gasteiger partial charge < -0.3 is 0 Å². The lowest BCUT2D eigenvalue weighted by Gasteiger charge is -2.01. The van der Waals surface area contributed by atoms with Crippen molar-refractivity contribution in [3.8, 4) is 0 Å². The van der Waals surface area contributed by atoms with Crippen molar-refractivity contribution < 1.29 is 4.39 Å². The summed E-state index contributed by atoms with van der Waals surface area (Å²) in [7, 11) is 0. The summed E-state index contributed by atoms with van der Waals surface area (Å²) in [5.41, 5.74) is 1.80. The second kappa shape index (κ2) is 2.45. The van der Waals surface area contributed by atoms with Crippen molar-refractivity contribution in [2.75, 3.05) is 0 Å². The first kappa shape index (κ1) is 7.04. The zero-order valence-electron chi connectivity index (χ0n) is 5.77. The molecule has 0 spiro atoms. The van der Waals surface area contributed by atoms with Crippen molar-refractivity contribution >= 4 is 22.0 Å². The zero-order valence-corrected chi connectivity index (χ0v) is 7.36. The Balaban J connectivity index is 2.71. The summed E-state index contributed by atoms with van der Waals surface area (Å²) in [4.78, 5) is 0. The summed E-state index contributed by atoms with van der Waals surface area (Å²) >= 11 is 3.36. The van der Waals surface area contributed by atoms with E-state index in [1.807, 2.05) is 12.2 Å². The number of hydrogen-bond donors (Lipinski definition) is 0. The van der Waals surface area contributed by atoms with Crippen LogP contribution in [0.2, 0.25) is 0 Å². The van der Waals surface area contributed by atoms with Crippen LogP contribution in [-0.2, 0) is 6.42 Å². The van der Waals surface area contributed by atoms with Crippen LogP contribution < -0.4 is 0 Å². The predicted molar refractivity (Wildman–Crippen MR) is 46.8 cm³/mol. The van der Waals surface area contributed by atoms with Crippen LogP contribution in [0.1, 0.15) is 11.1 Å². The van der Waals surface area contributed by atoms with Gasteiger partial charge in [-0.25, -0.2) is 4.39 Å². The molecule has 0 bridgehead atoms. The van der Waals surface area contributed by atoms with E-state index in [0.717, 1.165) is 22.0 Å². The molecule has 0 amide bonds. The van der Waals surface area contributed by atoms with E-state index in [0.29, 0.717) is 0 Å². The number of halogens is 2. The Hall–Kier alpha value is -0.630. The van der Waals surface area contributed by atoms with Crippen LogP contribution >= 0.6 is 15.9 Å². The summed E-state index contributed by atoms with van der Waals surface area (Å²) in [6, 6.07) is 3.24. The van der Waals surface area contributed by atoms with E-state index in [1.54, 1.807) is 6.07 Å². The Labute approximate surface area is 72.9 Å². The van der Waals surface area contributed by atoms with Crippen LogP contribution in [0.25, 0.3) is 6.08 Å². The maximum Gasteiger partial charge on any atom is 0.127 e. The predicted octanol–water partition coefficient (Wildman–Crippen LogP) is 3.16. The lowest BCUT2D eigenvalue weighted by molar-refractivity contribution is 0.615. The van der Waals surface area contributed by atoms with Crippen LogP contribution in [0.4, 0.5) is 4.39 Å². The highest BCUT2D eigenvalue weighted by Gasteiger charge is 2.12. The molecule has 0 fully saturated rings. The van der Waals surface area contributed by atoms with E-state index in [-0.39, 0.29) is 5.82 Å². The van der Waals surface area contributed by atoms with Gasteiger partial charge in [-0.3, -0.25) is 0 Å². The van der Waals surface area contributed by atoms with Crippen LogP contribution in [0.15, 0.2) is 22.7 Å². The zero-order chi connectivity index (χ0) is 7.84. The third kappa shape index (κ3) is 1.02. The molecular weight excluding hydrogens is 207 g/mol. The normalized spacial score (nSPS) is 13.6. The van der Waals surface area contributed by atoms with Crippen LogP contribution in [0.3, 0.4) is 0 Å². The van der Waals surface area contributed by atoms with Crippen LogP contribution in [0.5, 0.6) is 0 Å². The first-order valence-electron chi connectivity index (χ1n) is 3.42. The lowest BCUT2D eigenvalue weighted by atomic mass is 10.1. The fourth-order valence-electron chi connectivity index (χ4n) is 1.29. The van der Waals surface area contributed by atoms with Gasteiger partial charge in [-0.2, -0.15) is 0 Å². The Bertz CT molecular complexity index is 329. The standard InChI is InChI=1S/C9H6BrF/c10-8-4-5-9(11)7-3-1-2-6(7)8/h1-2,4-5H,3H2. The second-order valence-corrected chi connectivity index (χ2v) is 3.38. The molecule has 0 saturated heterocycles. The van der Waals surface area contributed by atoms with Crippen molar-refractivity contribution in [2.45, 2.75) is 6.42 Å². The van der Waals surface area contributed by atoms with Gasteiger partial charge in [-0.15, -0.1) is 0 Å². The number of benzene rings is 1. The minimum atomic E-state index is -0.104. The minimum Gasteiger partial charge on any atom is -0.207 e. The first-order valence-corrected chi connectivity index (χ1v) is 4.22. The number of rotatable bonds is 0.